The Kier molecular flexibility index (Phi) is 6.07. The minimum Gasteiger partial charge on any atom is -0.381 e. The van der Waals surface area contributed by atoms with E-state index in [0.717, 1.165) is 25.7 Å². The Morgan fingerprint density at radius 2 is 2.00 bits per heavy atom. The molecule has 2 heterocycles. The van der Waals surface area contributed by atoms with E-state index in [1.807, 2.05) is 0 Å². The van der Waals surface area contributed by atoms with E-state index in [9.17, 15) is 0 Å². The van der Waals surface area contributed by atoms with Crippen molar-refractivity contribution in [1.29, 1.82) is 0 Å². The number of nitrogens with zero attached hydrogens (tertiary/aromatic N) is 2. The minimum absolute atomic E-state index is 0.556. The Morgan fingerprint density at radius 3 is 2.63 bits per heavy atom. The summed E-state index contributed by atoms with van der Waals surface area (Å²) < 4.78 is 5.51. The van der Waals surface area contributed by atoms with Gasteiger partial charge in [-0.25, -0.2) is 0 Å². The highest BCUT2D eigenvalue weighted by atomic mass is 16.5. The summed E-state index contributed by atoms with van der Waals surface area (Å²) in [7, 11) is 2.25. The van der Waals surface area contributed by atoms with Gasteiger partial charge in [-0.2, -0.15) is 0 Å². The second-order valence-electron chi connectivity index (χ2n) is 6.17. The van der Waals surface area contributed by atoms with Crippen LogP contribution in [0.4, 0.5) is 0 Å². The van der Waals surface area contributed by atoms with Gasteiger partial charge >= 0.3 is 0 Å². The molecule has 0 saturated carbocycles. The maximum Gasteiger partial charge on any atom is 0.0469 e. The predicted molar refractivity (Wildman–Crippen MR) is 79.3 cm³/mol. The molecular weight excluding hydrogens is 238 g/mol. The van der Waals surface area contributed by atoms with Crippen LogP contribution in [0.5, 0.6) is 0 Å². The Bertz CT molecular complexity index is 256. The van der Waals surface area contributed by atoms with Crippen LogP contribution in [0.25, 0.3) is 0 Å². The van der Waals surface area contributed by atoms with E-state index in [4.69, 9.17) is 10.5 Å². The van der Waals surface area contributed by atoms with Crippen LogP contribution in [0.1, 0.15) is 32.6 Å². The average molecular weight is 269 g/mol. The molecule has 0 radical (unpaired) electrons. The first-order chi connectivity index (χ1) is 9.26. The fourth-order valence-corrected chi connectivity index (χ4v) is 3.76. The summed E-state index contributed by atoms with van der Waals surface area (Å²) in [5, 5.41) is 0. The molecule has 0 aromatic rings. The van der Waals surface area contributed by atoms with E-state index < -0.39 is 0 Å². The van der Waals surface area contributed by atoms with E-state index in [0.29, 0.717) is 12.1 Å². The van der Waals surface area contributed by atoms with Crippen molar-refractivity contribution >= 4 is 0 Å². The van der Waals surface area contributed by atoms with Crippen molar-refractivity contribution in [3.8, 4) is 0 Å². The lowest BCUT2D eigenvalue weighted by Crippen LogP contribution is -2.53. The van der Waals surface area contributed by atoms with Crippen LogP contribution in [-0.4, -0.2) is 68.3 Å². The zero-order valence-corrected chi connectivity index (χ0v) is 12.7. The van der Waals surface area contributed by atoms with Gasteiger partial charge in [-0.05, 0) is 45.2 Å². The smallest absolute Gasteiger partial charge is 0.0469 e. The predicted octanol–water partition coefficient (Wildman–Crippen LogP) is 1.16. The molecular formula is C15H31N3O. The van der Waals surface area contributed by atoms with Gasteiger partial charge in [0.1, 0.15) is 0 Å². The molecule has 4 nitrogen and oxygen atoms in total. The van der Waals surface area contributed by atoms with Crippen LogP contribution in [-0.2, 0) is 4.74 Å². The lowest BCUT2D eigenvalue weighted by atomic mass is 9.89. The van der Waals surface area contributed by atoms with Gasteiger partial charge in [0.15, 0.2) is 0 Å². The molecule has 0 spiro atoms. The van der Waals surface area contributed by atoms with Crippen molar-refractivity contribution in [3.05, 3.63) is 0 Å². The Labute approximate surface area is 118 Å². The molecule has 0 amide bonds. The largest absolute Gasteiger partial charge is 0.381 e. The van der Waals surface area contributed by atoms with Crippen molar-refractivity contribution in [3.63, 3.8) is 0 Å². The fraction of sp³-hybridized carbons (Fsp3) is 1.00. The third kappa shape index (κ3) is 3.91. The topological polar surface area (TPSA) is 41.7 Å². The first kappa shape index (κ1) is 15.2. The van der Waals surface area contributed by atoms with Crippen LogP contribution in [0.2, 0.25) is 0 Å². The molecule has 0 aromatic heterocycles. The highest BCUT2D eigenvalue weighted by Crippen LogP contribution is 2.26. The molecule has 0 aromatic carbocycles. The number of ether oxygens (including phenoxy) is 1. The Morgan fingerprint density at radius 1 is 1.26 bits per heavy atom. The number of hydrogen-bond donors (Lipinski definition) is 1. The maximum absolute atomic E-state index is 6.14. The number of nitrogens with two attached hydrogens (primary N) is 1. The summed E-state index contributed by atoms with van der Waals surface area (Å²) in [5.41, 5.74) is 6.14. The first-order valence-electron chi connectivity index (χ1n) is 7.98. The van der Waals surface area contributed by atoms with Crippen LogP contribution >= 0.6 is 0 Å². The lowest BCUT2D eigenvalue weighted by molar-refractivity contribution is 0.0145. The second kappa shape index (κ2) is 7.58. The van der Waals surface area contributed by atoms with Gasteiger partial charge in [0, 0.05) is 44.9 Å². The average Bonchev–Trinajstić information content (AvgIpc) is 2.63. The molecule has 2 fully saturated rings. The molecule has 112 valence electrons. The van der Waals surface area contributed by atoms with E-state index in [-0.39, 0.29) is 0 Å². The van der Waals surface area contributed by atoms with E-state index in [1.54, 1.807) is 0 Å². The monoisotopic (exact) mass is 269 g/mol. The molecule has 2 rings (SSSR count). The van der Waals surface area contributed by atoms with Crippen molar-refractivity contribution in [1.82, 2.24) is 9.80 Å². The molecule has 2 atom stereocenters. The van der Waals surface area contributed by atoms with E-state index >= 15 is 0 Å². The van der Waals surface area contributed by atoms with E-state index in [2.05, 4.69) is 23.8 Å². The van der Waals surface area contributed by atoms with Crippen LogP contribution < -0.4 is 5.73 Å². The summed E-state index contributed by atoms with van der Waals surface area (Å²) in [6.45, 7) is 8.58. The third-order valence-corrected chi connectivity index (χ3v) is 4.90. The lowest BCUT2D eigenvalue weighted by Gasteiger charge is -2.41. The molecule has 2 saturated heterocycles. The van der Waals surface area contributed by atoms with Gasteiger partial charge in [0.05, 0.1) is 0 Å². The molecule has 2 aliphatic rings. The van der Waals surface area contributed by atoms with Crippen LogP contribution in [0.3, 0.4) is 0 Å². The standard InChI is InChI=1S/C15H31N3O/c1-3-14-12-17(2)7-4-8-18(14)15(11-16)13-5-9-19-10-6-13/h13-15H,3-12,16H2,1-2H3. The van der Waals surface area contributed by atoms with Crippen molar-refractivity contribution in [2.45, 2.75) is 44.7 Å². The quantitative estimate of drug-likeness (QED) is 0.831. The Hall–Kier alpha value is -0.160. The molecule has 2 aliphatic heterocycles. The second-order valence-corrected chi connectivity index (χ2v) is 6.17. The maximum atomic E-state index is 6.14. The van der Waals surface area contributed by atoms with Crippen LogP contribution in [0, 0.1) is 5.92 Å². The summed E-state index contributed by atoms with van der Waals surface area (Å²) in [4.78, 5) is 5.20. The van der Waals surface area contributed by atoms with Gasteiger partial charge < -0.3 is 15.4 Å². The summed E-state index contributed by atoms with van der Waals surface area (Å²) in [6, 6.07) is 1.23. The van der Waals surface area contributed by atoms with Gasteiger partial charge in [0.25, 0.3) is 0 Å². The molecule has 2 N–H and O–H groups in total. The van der Waals surface area contributed by atoms with Gasteiger partial charge in [-0.3, -0.25) is 4.90 Å². The van der Waals surface area contributed by atoms with Crippen LogP contribution in [0.15, 0.2) is 0 Å². The zero-order valence-electron chi connectivity index (χ0n) is 12.7. The summed E-state index contributed by atoms with van der Waals surface area (Å²) in [6.07, 6.45) is 4.87. The molecule has 0 aliphatic carbocycles. The van der Waals surface area contributed by atoms with Gasteiger partial charge in [-0.1, -0.05) is 6.92 Å². The fourth-order valence-electron chi connectivity index (χ4n) is 3.76. The number of rotatable bonds is 4. The highest BCUT2D eigenvalue weighted by Gasteiger charge is 2.33. The first-order valence-corrected chi connectivity index (χ1v) is 7.98. The normalized spacial score (nSPS) is 30.2. The Balaban J connectivity index is 2.05. The minimum atomic E-state index is 0.556. The summed E-state index contributed by atoms with van der Waals surface area (Å²) in [5.74, 6) is 0.733. The molecule has 2 unspecified atom stereocenters. The molecule has 19 heavy (non-hydrogen) atoms. The van der Waals surface area contributed by atoms with Crippen molar-refractivity contribution in [2.24, 2.45) is 11.7 Å². The van der Waals surface area contributed by atoms with Gasteiger partial charge in [0.2, 0.25) is 0 Å². The number of likely N-dealkylation sites (N-methyl/N-ethyl adjacent to an activating group) is 1. The van der Waals surface area contributed by atoms with Gasteiger partial charge in [-0.15, -0.1) is 0 Å². The van der Waals surface area contributed by atoms with Crippen molar-refractivity contribution in [2.75, 3.05) is 46.4 Å². The zero-order chi connectivity index (χ0) is 13.7. The highest BCUT2D eigenvalue weighted by molar-refractivity contribution is 4.88. The third-order valence-electron chi connectivity index (χ3n) is 4.90. The van der Waals surface area contributed by atoms with Crippen molar-refractivity contribution < 1.29 is 4.74 Å². The molecule has 4 heteroatoms. The number of hydrogen-bond acceptors (Lipinski definition) is 4. The van der Waals surface area contributed by atoms with E-state index in [1.165, 1.54) is 45.3 Å². The summed E-state index contributed by atoms with van der Waals surface area (Å²) >= 11 is 0. The SMILES string of the molecule is CCC1CN(C)CCCN1C(CN)C1CCOCC1. The molecule has 0 bridgehead atoms.